The largest absolute Gasteiger partial charge is 0.485 e. The first-order valence-electron chi connectivity index (χ1n) is 11.2. The fraction of sp³-hybridized carbons (Fsp3) is 0.385. The second-order valence-corrected chi connectivity index (χ2v) is 9.11. The van der Waals surface area contributed by atoms with E-state index in [-0.39, 0.29) is 0 Å². The number of ether oxygens (including phenoxy) is 2. The van der Waals surface area contributed by atoms with Gasteiger partial charge in [-0.05, 0) is 30.0 Å². The number of unbranched alkanes of at least 4 members (excludes halogenated alkanes) is 1. The summed E-state index contributed by atoms with van der Waals surface area (Å²) in [4.78, 5) is 1.17. The molecule has 2 aromatic heterocycles. The predicted octanol–water partition coefficient (Wildman–Crippen LogP) is 7.51. The highest BCUT2D eigenvalue weighted by molar-refractivity contribution is 7.14. The molecule has 0 radical (unpaired) electrons. The number of fused-ring (bicyclic) bond motifs is 4. The molecule has 0 saturated heterocycles. The van der Waals surface area contributed by atoms with Crippen LogP contribution >= 0.6 is 11.3 Å². The monoisotopic (exact) mass is 419 g/mol. The Hall–Kier alpha value is -2.46. The number of hydrogen-bond acceptors (Lipinski definition) is 3. The van der Waals surface area contributed by atoms with Crippen molar-refractivity contribution in [1.29, 1.82) is 0 Å². The highest BCUT2D eigenvalue weighted by atomic mass is 32.1. The summed E-state index contributed by atoms with van der Waals surface area (Å²) in [5.74, 6) is 2.49. The first kappa shape index (κ1) is 19.5. The van der Waals surface area contributed by atoms with Crippen LogP contribution in [-0.4, -0.2) is 17.8 Å². The summed E-state index contributed by atoms with van der Waals surface area (Å²) < 4.78 is 14.3. The highest BCUT2D eigenvalue weighted by Crippen LogP contribution is 2.46. The predicted molar refractivity (Wildman–Crippen MR) is 127 cm³/mol. The summed E-state index contributed by atoms with van der Waals surface area (Å²) in [6.07, 6.45) is 5.08. The Morgan fingerprint density at radius 1 is 1.00 bits per heavy atom. The van der Waals surface area contributed by atoms with Crippen LogP contribution in [-0.2, 0) is 6.54 Å². The molecule has 4 heteroatoms. The van der Waals surface area contributed by atoms with E-state index in [0.717, 1.165) is 18.0 Å². The number of aromatic nitrogens is 1. The van der Waals surface area contributed by atoms with Gasteiger partial charge in [0.15, 0.2) is 11.5 Å². The molecule has 4 aromatic rings. The topological polar surface area (TPSA) is 23.4 Å². The Morgan fingerprint density at radius 2 is 1.83 bits per heavy atom. The van der Waals surface area contributed by atoms with Crippen molar-refractivity contribution in [2.24, 2.45) is 5.92 Å². The van der Waals surface area contributed by atoms with Crippen LogP contribution in [0, 0.1) is 5.92 Å². The Bertz CT molecular complexity index is 1170. The number of benzene rings is 2. The molecule has 0 bridgehead atoms. The van der Waals surface area contributed by atoms with E-state index in [2.05, 4.69) is 66.3 Å². The van der Waals surface area contributed by atoms with Crippen LogP contribution in [0.15, 0.2) is 47.8 Å². The Labute approximate surface area is 182 Å². The van der Waals surface area contributed by atoms with Gasteiger partial charge in [-0.3, -0.25) is 0 Å². The van der Waals surface area contributed by atoms with Gasteiger partial charge in [0.2, 0.25) is 0 Å². The second kappa shape index (κ2) is 8.35. The third-order valence-corrected chi connectivity index (χ3v) is 7.31. The molecule has 3 heterocycles. The third-order valence-electron chi connectivity index (χ3n) is 6.32. The zero-order chi connectivity index (χ0) is 20.5. The van der Waals surface area contributed by atoms with Crippen molar-refractivity contribution in [2.45, 2.75) is 46.1 Å². The molecule has 3 nitrogen and oxygen atoms in total. The minimum Gasteiger partial charge on any atom is -0.485 e. The zero-order valence-electron chi connectivity index (χ0n) is 17.8. The van der Waals surface area contributed by atoms with Crippen molar-refractivity contribution in [3.8, 4) is 21.9 Å². The van der Waals surface area contributed by atoms with Crippen molar-refractivity contribution < 1.29 is 9.47 Å². The van der Waals surface area contributed by atoms with Gasteiger partial charge in [0.05, 0.1) is 4.88 Å². The van der Waals surface area contributed by atoms with Gasteiger partial charge in [-0.15, -0.1) is 11.3 Å². The summed E-state index contributed by atoms with van der Waals surface area (Å²) in [5.41, 5.74) is 3.87. The van der Waals surface area contributed by atoms with Crippen LogP contribution in [0.1, 0.15) is 39.5 Å². The van der Waals surface area contributed by atoms with Crippen LogP contribution in [0.4, 0.5) is 0 Å². The van der Waals surface area contributed by atoms with E-state index in [1.807, 2.05) is 0 Å². The highest BCUT2D eigenvalue weighted by Gasteiger charge is 2.21. The maximum absolute atomic E-state index is 5.96. The molecule has 2 aromatic carbocycles. The molecule has 156 valence electrons. The first-order valence-corrected chi connectivity index (χ1v) is 12.1. The minimum absolute atomic E-state index is 0.620. The number of rotatable bonds is 7. The van der Waals surface area contributed by atoms with Crippen molar-refractivity contribution in [2.75, 3.05) is 13.2 Å². The molecule has 1 aliphatic rings. The molecule has 0 saturated carbocycles. The first-order chi connectivity index (χ1) is 14.8. The fourth-order valence-electron chi connectivity index (χ4n) is 4.62. The lowest BCUT2D eigenvalue weighted by Crippen LogP contribution is -2.14. The maximum Gasteiger partial charge on any atom is 0.179 e. The number of nitrogens with zero attached hydrogens (tertiary/aromatic N) is 1. The number of thiophene rings is 1. The van der Waals surface area contributed by atoms with E-state index in [1.165, 1.54) is 57.9 Å². The van der Waals surface area contributed by atoms with E-state index < -0.39 is 0 Å². The van der Waals surface area contributed by atoms with Crippen LogP contribution in [0.25, 0.3) is 32.2 Å². The minimum atomic E-state index is 0.620. The van der Waals surface area contributed by atoms with Gasteiger partial charge >= 0.3 is 0 Å². The average molecular weight is 420 g/mol. The lowest BCUT2D eigenvalue weighted by Gasteiger charge is -2.18. The summed E-state index contributed by atoms with van der Waals surface area (Å²) in [6, 6.07) is 15.7. The average Bonchev–Trinajstić information content (AvgIpc) is 3.36. The number of para-hydroxylation sites is 1. The smallest absolute Gasteiger partial charge is 0.179 e. The molecule has 1 atom stereocenters. The van der Waals surface area contributed by atoms with E-state index in [1.54, 1.807) is 11.3 Å². The number of hydrogen-bond donors (Lipinski definition) is 0. The molecule has 0 amide bonds. The SMILES string of the molecule is CCCCC(CC)Cn1c2ccccc2c2ccc(-c3scc4c3OCCO4)cc21. The van der Waals surface area contributed by atoms with E-state index in [9.17, 15) is 0 Å². The summed E-state index contributed by atoms with van der Waals surface area (Å²) in [7, 11) is 0. The van der Waals surface area contributed by atoms with Gasteiger partial charge in [-0.2, -0.15) is 0 Å². The van der Waals surface area contributed by atoms with Crippen LogP contribution in [0.5, 0.6) is 11.5 Å². The lowest BCUT2D eigenvalue weighted by atomic mass is 9.99. The Kier molecular flexibility index (Phi) is 5.43. The molecule has 0 spiro atoms. The van der Waals surface area contributed by atoms with E-state index in [4.69, 9.17) is 9.47 Å². The molecule has 30 heavy (non-hydrogen) atoms. The van der Waals surface area contributed by atoms with Gasteiger partial charge < -0.3 is 14.0 Å². The standard InChI is InChI=1S/C26H29NO2S/c1-3-5-8-18(4-2)16-27-22-10-7-6-9-20(22)21-12-11-19(15-23(21)27)26-25-24(17-30-26)28-13-14-29-25/h6-7,9-12,15,17-18H,3-5,8,13-14,16H2,1-2H3. The Balaban J connectivity index is 1.63. The lowest BCUT2D eigenvalue weighted by molar-refractivity contribution is 0.174. The molecule has 1 unspecified atom stereocenters. The van der Waals surface area contributed by atoms with Gasteiger partial charge in [-0.1, -0.05) is 63.4 Å². The molecule has 5 rings (SSSR count). The molecular formula is C26H29NO2S. The summed E-state index contributed by atoms with van der Waals surface area (Å²) in [6.45, 7) is 6.94. The molecule has 0 N–H and O–H groups in total. The van der Waals surface area contributed by atoms with Crippen molar-refractivity contribution in [3.05, 3.63) is 47.8 Å². The van der Waals surface area contributed by atoms with Crippen LogP contribution in [0.2, 0.25) is 0 Å². The van der Waals surface area contributed by atoms with Gasteiger partial charge in [0, 0.05) is 33.7 Å². The normalized spacial score (nSPS) is 14.5. The third kappa shape index (κ3) is 3.37. The van der Waals surface area contributed by atoms with Gasteiger partial charge in [-0.25, -0.2) is 0 Å². The molecule has 0 aliphatic carbocycles. The molecule has 1 aliphatic heterocycles. The zero-order valence-corrected chi connectivity index (χ0v) is 18.6. The van der Waals surface area contributed by atoms with Crippen LogP contribution < -0.4 is 9.47 Å². The quantitative estimate of drug-likeness (QED) is 0.309. The summed E-state index contributed by atoms with van der Waals surface area (Å²) in [5, 5.41) is 4.75. The van der Waals surface area contributed by atoms with E-state index in [0.29, 0.717) is 19.1 Å². The molecular weight excluding hydrogens is 390 g/mol. The van der Waals surface area contributed by atoms with E-state index >= 15 is 0 Å². The van der Waals surface area contributed by atoms with Gasteiger partial charge in [0.1, 0.15) is 13.2 Å². The van der Waals surface area contributed by atoms with Gasteiger partial charge in [0.25, 0.3) is 0 Å². The fourth-order valence-corrected chi connectivity index (χ4v) is 5.55. The summed E-state index contributed by atoms with van der Waals surface area (Å²) >= 11 is 1.71. The second-order valence-electron chi connectivity index (χ2n) is 8.23. The van der Waals surface area contributed by atoms with Crippen LogP contribution in [0.3, 0.4) is 0 Å². The van der Waals surface area contributed by atoms with Crippen molar-refractivity contribution in [3.63, 3.8) is 0 Å². The van der Waals surface area contributed by atoms with Crippen molar-refractivity contribution >= 4 is 33.1 Å². The molecule has 0 fully saturated rings. The Morgan fingerprint density at radius 3 is 2.70 bits per heavy atom. The maximum atomic E-state index is 5.96. The van der Waals surface area contributed by atoms with Crippen molar-refractivity contribution in [1.82, 2.24) is 4.57 Å².